The molecule has 6 aliphatic carbocycles. The van der Waals surface area contributed by atoms with E-state index in [1.807, 2.05) is 11.7 Å². The summed E-state index contributed by atoms with van der Waals surface area (Å²) < 4.78 is 0. The van der Waals surface area contributed by atoms with E-state index < -0.39 is 161 Å². The van der Waals surface area contributed by atoms with Gasteiger partial charge in [0.1, 0.15) is 65.7 Å². The Balaban J connectivity index is 0.000000244. The summed E-state index contributed by atoms with van der Waals surface area (Å²) in [5.74, 6) is -17.0. The number of fused-ring (bicyclic) bond motifs is 6. The van der Waals surface area contributed by atoms with Crippen molar-refractivity contribution >= 4 is 53.1 Å². The van der Waals surface area contributed by atoms with Gasteiger partial charge in [0, 0.05) is 43.9 Å². The van der Waals surface area contributed by atoms with Crippen LogP contribution in [0, 0.1) is 55.7 Å². The van der Waals surface area contributed by atoms with Gasteiger partial charge in [-0.3, -0.25) is 38.6 Å². The number of likely N-dealkylation sites (tertiary alicyclic amines) is 1. The molecule has 30 nitrogen and oxygen atoms in total. The van der Waals surface area contributed by atoms with Crippen LogP contribution in [0.15, 0.2) is 70.2 Å². The van der Waals surface area contributed by atoms with E-state index in [9.17, 15) is 100 Å². The number of ketones is 5. The molecule has 2 aromatic carbocycles. The minimum Gasteiger partial charge on any atom is -0.508 e. The van der Waals surface area contributed by atoms with Crippen LogP contribution in [0.2, 0.25) is 0 Å². The lowest BCUT2D eigenvalue weighted by Gasteiger charge is -2.53. The topological polar surface area (TPSA) is 474 Å². The zero-order chi connectivity index (χ0) is 66.2. The fourth-order valence-electron chi connectivity index (χ4n) is 14.5. The number of amides is 1. The second-order valence-corrected chi connectivity index (χ2v) is 24.0. The van der Waals surface area contributed by atoms with Crippen molar-refractivity contribution in [3.63, 3.8) is 0 Å². The summed E-state index contributed by atoms with van der Waals surface area (Å²) in [6, 6.07) is 6.26. The molecule has 0 aromatic heterocycles. The van der Waals surface area contributed by atoms with Gasteiger partial charge in [-0.25, -0.2) is 0 Å². The predicted octanol–water partition coefficient (Wildman–Crippen LogP) is 0.641. The van der Waals surface area contributed by atoms with Crippen molar-refractivity contribution in [1.82, 2.24) is 20.0 Å². The fourth-order valence-corrected chi connectivity index (χ4v) is 14.5. The Morgan fingerprint density at radius 3 is 1.56 bits per heavy atom. The van der Waals surface area contributed by atoms with Gasteiger partial charge in [-0.05, 0) is 120 Å². The number of Topliss-reactive ketones (excluding diaryl/α,β-unsaturated/α-hetero) is 5. The molecule has 8 aliphatic rings. The number of carbonyl (C=O) groups is 7. The van der Waals surface area contributed by atoms with E-state index in [4.69, 9.17) is 10.5 Å². The Bertz CT molecular complexity index is 3330. The Morgan fingerprint density at radius 1 is 0.719 bits per heavy atom. The minimum atomic E-state index is -2.93. The Morgan fingerprint density at radius 2 is 1.15 bits per heavy atom. The van der Waals surface area contributed by atoms with Crippen LogP contribution in [0.1, 0.15) is 81.5 Å². The highest BCUT2D eigenvalue weighted by Gasteiger charge is 2.70. The molecule has 2 saturated carbocycles. The molecule has 0 spiro atoms. The van der Waals surface area contributed by atoms with Gasteiger partial charge in [0.25, 0.3) is 16.1 Å². The molecule has 2 aromatic rings. The number of nitrogens with one attached hydrogen (secondary N) is 1. The number of hydrogen-bond donors (Lipinski definition) is 12. The predicted molar refractivity (Wildman–Crippen MR) is 311 cm³/mol. The fraction of sp³-hybridized carbons (Fsp3) is 0.542. The molecule has 486 valence electrons. The van der Waals surface area contributed by atoms with Crippen molar-refractivity contribution in [2.75, 3.05) is 74.1 Å². The summed E-state index contributed by atoms with van der Waals surface area (Å²) in [5, 5.41) is 134. The monoisotopic (exact) mass is 1250 g/mol. The molecule has 2 aliphatic heterocycles. The third-order valence-electron chi connectivity index (χ3n) is 18.5. The first-order valence-corrected chi connectivity index (χ1v) is 28.7. The standard InChI is InChI=1S/C30H37N3O11.C22H24N2O8.C6H12N2O3.CH2O.H2/c1-14-16-7-4-8-17(34)20(16)25(36)22-19(14)26(37)23-24(31(2)3)27(38)21(28(39)30(23,41)29(22)40)18(35)9-11-32-10-5-6-15(12-32)13-44-33(42)43;1-7-8-5-4-6-9(25)11(8)16(26)12-10(7)17(27)14-15(24(2)3)18(28)13(21(23)31)20(30)22(14,32)19(12)29;9-8(10)11-5-6-2-1-3-7-4-6;1-2;/h4,7-8,14-15,19,23-24,26,34,36-37,39,41H,5-6,9-13H2,1-3H3;4-7,10,14-15,17,25-27,30,32H,1-3H3,(H2,23,31);6-7H,1-5H2;1H2;1H/i;;;;1+1. The zero-order valence-electron chi connectivity index (χ0n) is 49.7. The Hall–Kier alpha value is -8.23. The maximum absolute atomic E-state index is 14.2. The summed E-state index contributed by atoms with van der Waals surface area (Å²) in [5.41, 5.74) is -2.19. The number of hydrogen-bond acceptors (Lipinski definition) is 27. The molecular formula is C59H77N7O23. The van der Waals surface area contributed by atoms with Gasteiger partial charge in [0.2, 0.25) is 11.6 Å². The maximum Gasteiger partial charge on any atom is 0.294 e. The average molecular weight is 1250 g/mol. The summed E-state index contributed by atoms with van der Waals surface area (Å²) >= 11 is 0. The van der Waals surface area contributed by atoms with Crippen LogP contribution < -0.4 is 11.1 Å². The van der Waals surface area contributed by atoms with Crippen molar-refractivity contribution < 1.29 is 106 Å². The van der Waals surface area contributed by atoms with Crippen LogP contribution in [0.4, 0.5) is 0 Å². The number of aliphatic hydroxyl groups excluding tert-OH is 6. The van der Waals surface area contributed by atoms with E-state index in [0.29, 0.717) is 43.0 Å². The van der Waals surface area contributed by atoms with Crippen molar-refractivity contribution in [1.29, 1.82) is 0 Å². The molecule has 14 unspecified atom stereocenters. The van der Waals surface area contributed by atoms with Gasteiger partial charge in [-0.15, -0.1) is 20.2 Å². The van der Waals surface area contributed by atoms with Crippen LogP contribution >= 0.6 is 0 Å². The summed E-state index contributed by atoms with van der Waals surface area (Å²) in [4.78, 5) is 122. The number of nitrogens with zero attached hydrogens (tertiary/aromatic N) is 5. The minimum absolute atomic E-state index is 0. The van der Waals surface area contributed by atoms with Crippen LogP contribution in [-0.4, -0.2) is 227 Å². The number of nitrogens with two attached hydrogens (primary N) is 1. The second-order valence-electron chi connectivity index (χ2n) is 24.0. The number of phenolic OH excluding ortho intramolecular Hbond substituents is 2. The molecule has 89 heavy (non-hydrogen) atoms. The number of rotatable bonds is 13. The zero-order valence-corrected chi connectivity index (χ0v) is 49.7. The summed E-state index contributed by atoms with van der Waals surface area (Å²) in [6.07, 6.45) is 0.0552. The van der Waals surface area contributed by atoms with Crippen molar-refractivity contribution in [3.8, 4) is 11.5 Å². The number of carbonyl (C=O) groups excluding carboxylic acids is 7. The molecule has 0 bridgehead atoms. The van der Waals surface area contributed by atoms with Crippen LogP contribution in [0.25, 0.3) is 11.5 Å². The average Bonchev–Trinajstić information content (AvgIpc) is 0.705. The van der Waals surface area contributed by atoms with Crippen molar-refractivity contribution in [2.45, 2.75) is 93.3 Å². The number of aliphatic hydroxyl groups is 8. The summed E-state index contributed by atoms with van der Waals surface area (Å²) in [7, 11) is 5.90. The number of piperidine rings is 2. The number of primary amides is 1. The Kier molecular flexibility index (Phi) is 20.6. The third kappa shape index (κ3) is 12.0. The lowest BCUT2D eigenvalue weighted by Crippen LogP contribution is -2.70. The van der Waals surface area contributed by atoms with Crippen LogP contribution in [-0.2, 0) is 43.2 Å². The number of likely N-dealkylation sites (N-methyl/N-ethyl adjacent to an activating group) is 2. The van der Waals surface area contributed by atoms with Crippen molar-refractivity contribution in [3.05, 3.63) is 113 Å². The lowest BCUT2D eigenvalue weighted by atomic mass is 9.54. The first kappa shape index (κ1) is 68.3. The third-order valence-corrected chi connectivity index (χ3v) is 18.5. The molecule has 30 heteroatoms. The second kappa shape index (κ2) is 26.9. The maximum atomic E-state index is 14.2. The van der Waals surface area contributed by atoms with Gasteiger partial charge in [-0.2, -0.15) is 0 Å². The number of phenols is 2. The van der Waals surface area contributed by atoms with Gasteiger partial charge in [-0.1, -0.05) is 38.1 Å². The molecule has 2 heterocycles. The molecule has 10 rings (SSSR count). The highest BCUT2D eigenvalue weighted by Crippen LogP contribution is 2.58. The van der Waals surface area contributed by atoms with Gasteiger partial charge >= 0.3 is 0 Å². The first-order chi connectivity index (χ1) is 41.9. The highest BCUT2D eigenvalue weighted by molar-refractivity contribution is 6.26. The SMILES string of the molecule is C=O.CC1c2cccc(O)c2C(O)=C2C(=O)C3(O)C(O)=C(C(=O)CCN4CCCC(CO[N+](=O)[O-])C4)C(=O)C(N(C)C)C3C(O)C21.CC1c2cccc(O)c2C(O)=C2C(=O)C3(O)C(O)=C(C(N)=O)C(=O)C(N(C)C)C3C(O)C21.O=[N+]([O-])OCC1CCCNC1.[2HH]. The van der Waals surface area contributed by atoms with Gasteiger partial charge in [0.15, 0.2) is 28.6 Å². The molecule has 13 N–H and O–H groups in total. The van der Waals surface area contributed by atoms with Gasteiger partial charge < -0.3 is 81.5 Å². The highest BCUT2D eigenvalue weighted by atomic mass is 17.0. The van der Waals surface area contributed by atoms with E-state index in [0.717, 1.165) is 25.9 Å². The normalized spacial score (nSPS) is 31.4. The van der Waals surface area contributed by atoms with E-state index >= 15 is 0 Å². The summed E-state index contributed by atoms with van der Waals surface area (Å²) in [6.45, 7) is 8.53. The number of aromatic hydroxyl groups is 2. The smallest absolute Gasteiger partial charge is 0.294 e. The van der Waals surface area contributed by atoms with Crippen molar-refractivity contribution in [2.24, 2.45) is 41.2 Å². The molecule has 1 amide bonds. The number of benzene rings is 2. The lowest BCUT2D eigenvalue weighted by molar-refractivity contribution is -0.759. The van der Waals surface area contributed by atoms with E-state index in [-0.39, 0.29) is 56.1 Å². The largest absolute Gasteiger partial charge is 0.508 e. The quantitative estimate of drug-likeness (QED) is 0.0744. The molecule has 14 atom stereocenters. The molecular weight excluding hydrogens is 1170 g/mol. The van der Waals surface area contributed by atoms with E-state index in [1.165, 1.54) is 50.1 Å². The molecule has 4 fully saturated rings. The van der Waals surface area contributed by atoms with Crippen LogP contribution in [0.5, 0.6) is 11.5 Å². The molecule has 2 saturated heterocycles. The van der Waals surface area contributed by atoms with E-state index in [1.54, 1.807) is 38.1 Å². The van der Waals surface area contributed by atoms with Crippen LogP contribution in [0.3, 0.4) is 0 Å². The first-order valence-electron chi connectivity index (χ1n) is 28.7. The van der Waals surface area contributed by atoms with E-state index in [2.05, 4.69) is 15.0 Å². The molecule has 0 radical (unpaired) electrons. The van der Waals surface area contributed by atoms with Gasteiger partial charge in [0.05, 0.1) is 47.3 Å². The Labute approximate surface area is 510 Å².